The lowest BCUT2D eigenvalue weighted by Crippen LogP contribution is -2.22. The van der Waals surface area contributed by atoms with Crippen LogP contribution in [0.2, 0.25) is 0 Å². The number of ketones is 1. The minimum atomic E-state index is -0.394. The van der Waals surface area contributed by atoms with Crippen LogP contribution in [0.1, 0.15) is 30.9 Å². The van der Waals surface area contributed by atoms with Crippen LogP contribution in [-0.2, 0) is 4.79 Å². The average Bonchev–Trinajstić information content (AvgIpc) is 3.23. The summed E-state index contributed by atoms with van der Waals surface area (Å²) in [6.07, 6.45) is 4.97. The fourth-order valence-electron chi connectivity index (χ4n) is 3.94. The van der Waals surface area contributed by atoms with Crippen LogP contribution in [0, 0.1) is 0 Å². The average molecular weight is 413 g/mol. The minimum absolute atomic E-state index is 0.0713. The maximum atomic E-state index is 12.7. The van der Waals surface area contributed by atoms with E-state index in [4.69, 9.17) is 14.5 Å². The Morgan fingerprint density at radius 2 is 2.00 bits per heavy atom. The molecule has 0 radical (unpaired) electrons. The summed E-state index contributed by atoms with van der Waals surface area (Å²) in [6.45, 7) is 3.33. The van der Waals surface area contributed by atoms with Crippen LogP contribution in [0.25, 0.3) is 17.0 Å². The number of rotatable bonds is 4. The van der Waals surface area contributed by atoms with Crippen LogP contribution in [-0.4, -0.2) is 37.5 Å². The molecule has 4 heterocycles. The van der Waals surface area contributed by atoms with Crippen molar-refractivity contribution >= 4 is 11.4 Å². The van der Waals surface area contributed by atoms with Crippen molar-refractivity contribution in [2.75, 3.05) is 7.11 Å². The molecule has 0 aliphatic carbocycles. The van der Waals surface area contributed by atoms with Gasteiger partial charge in [-0.1, -0.05) is 12.1 Å². The Labute approximate surface area is 178 Å². The number of nitrogens with zero attached hydrogens (tertiary/aromatic N) is 5. The van der Waals surface area contributed by atoms with Crippen molar-refractivity contribution in [2.24, 2.45) is 0 Å². The van der Waals surface area contributed by atoms with E-state index in [1.54, 1.807) is 44.2 Å². The molecular formula is C23H19N5O3. The van der Waals surface area contributed by atoms with Crippen LogP contribution in [0.5, 0.6) is 11.6 Å². The third-order valence-corrected chi connectivity index (χ3v) is 5.34. The second-order valence-electron chi connectivity index (χ2n) is 7.24. The van der Waals surface area contributed by atoms with E-state index in [0.29, 0.717) is 34.2 Å². The molecule has 0 amide bonds. The molecule has 8 heteroatoms. The third-order valence-electron chi connectivity index (χ3n) is 5.34. The van der Waals surface area contributed by atoms with Crippen molar-refractivity contribution in [3.05, 3.63) is 77.6 Å². The summed E-state index contributed by atoms with van der Waals surface area (Å²) in [4.78, 5) is 26.0. The van der Waals surface area contributed by atoms with E-state index in [9.17, 15) is 4.79 Å². The highest BCUT2D eigenvalue weighted by Gasteiger charge is 2.36. The minimum Gasteiger partial charge on any atom is -0.497 e. The quantitative estimate of drug-likeness (QED) is 0.505. The maximum Gasteiger partial charge on any atom is 0.228 e. The van der Waals surface area contributed by atoms with Gasteiger partial charge >= 0.3 is 0 Å². The SMILES string of the molecule is COc1ccc(C2C(C(C)=O)=C(C)Oc3ncn4nc(-c5cccnc5)nc4c32)cc1. The van der Waals surface area contributed by atoms with Crippen LogP contribution in [0.4, 0.5) is 0 Å². The Bertz CT molecular complexity index is 1330. The Hall–Kier alpha value is -4.07. The number of carbonyl (C=O) groups excluding carboxylic acids is 1. The Kier molecular flexibility index (Phi) is 4.47. The summed E-state index contributed by atoms with van der Waals surface area (Å²) in [5.41, 5.74) is 3.55. The molecule has 1 aliphatic heterocycles. The Morgan fingerprint density at radius 1 is 1.19 bits per heavy atom. The number of allylic oxidation sites excluding steroid dienone is 2. The molecule has 0 saturated heterocycles. The van der Waals surface area contributed by atoms with E-state index < -0.39 is 5.92 Å². The summed E-state index contributed by atoms with van der Waals surface area (Å²) < 4.78 is 12.9. The van der Waals surface area contributed by atoms with Crippen molar-refractivity contribution in [3.8, 4) is 23.0 Å². The highest BCUT2D eigenvalue weighted by atomic mass is 16.5. The third kappa shape index (κ3) is 3.13. The Balaban J connectivity index is 1.76. The molecule has 0 spiro atoms. The molecule has 31 heavy (non-hydrogen) atoms. The van der Waals surface area contributed by atoms with Gasteiger partial charge in [-0.05, 0) is 43.7 Å². The molecule has 1 aromatic carbocycles. The summed E-state index contributed by atoms with van der Waals surface area (Å²) in [6, 6.07) is 11.3. The van der Waals surface area contributed by atoms with Crippen LogP contribution in [0.15, 0.2) is 66.5 Å². The predicted octanol–water partition coefficient (Wildman–Crippen LogP) is 3.58. The fraction of sp³-hybridized carbons (Fsp3) is 0.174. The highest BCUT2D eigenvalue weighted by Crippen LogP contribution is 2.44. The van der Waals surface area contributed by atoms with Crippen LogP contribution >= 0.6 is 0 Å². The van der Waals surface area contributed by atoms with Gasteiger partial charge in [0.1, 0.15) is 17.8 Å². The number of Topliss-reactive ketones (excluding diaryl/α,β-unsaturated/α-hetero) is 1. The predicted molar refractivity (Wildman–Crippen MR) is 113 cm³/mol. The van der Waals surface area contributed by atoms with Crippen molar-refractivity contribution in [3.63, 3.8) is 0 Å². The molecule has 0 bridgehead atoms. The first kappa shape index (κ1) is 18.9. The molecule has 1 atom stereocenters. The molecule has 1 unspecified atom stereocenters. The number of hydrogen-bond acceptors (Lipinski definition) is 7. The van der Waals surface area contributed by atoms with Crippen LogP contribution in [0.3, 0.4) is 0 Å². The van der Waals surface area contributed by atoms with Gasteiger partial charge in [0, 0.05) is 29.4 Å². The lowest BCUT2D eigenvalue weighted by atomic mass is 9.82. The second kappa shape index (κ2) is 7.32. The molecule has 8 nitrogen and oxygen atoms in total. The van der Waals surface area contributed by atoms with Gasteiger partial charge in [0.2, 0.25) is 5.88 Å². The van der Waals surface area contributed by atoms with Gasteiger partial charge in [-0.25, -0.2) is 14.5 Å². The monoisotopic (exact) mass is 413 g/mol. The van der Waals surface area contributed by atoms with Gasteiger partial charge in [0.25, 0.3) is 0 Å². The molecule has 154 valence electrons. The Morgan fingerprint density at radius 3 is 2.68 bits per heavy atom. The number of hydrogen-bond donors (Lipinski definition) is 0. The standard InChI is InChI=1S/C23H19N5O3/c1-13(29)18-14(2)31-23-20(19(18)15-6-8-17(30-3)9-7-15)22-26-21(27-28(22)12-25-23)16-5-4-10-24-11-16/h4-12,19H,1-3H3. The maximum absolute atomic E-state index is 12.7. The number of methoxy groups -OCH3 is 1. The zero-order chi connectivity index (χ0) is 21.5. The molecule has 0 fully saturated rings. The number of benzene rings is 1. The van der Waals surface area contributed by atoms with Gasteiger partial charge < -0.3 is 9.47 Å². The number of aromatic nitrogens is 5. The molecule has 0 N–H and O–H groups in total. The molecular weight excluding hydrogens is 394 g/mol. The van der Waals surface area contributed by atoms with Crippen molar-refractivity contribution in [1.82, 2.24) is 24.6 Å². The lowest BCUT2D eigenvalue weighted by molar-refractivity contribution is -0.114. The first-order chi connectivity index (χ1) is 15.1. The van der Waals surface area contributed by atoms with E-state index in [1.165, 1.54) is 0 Å². The van der Waals surface area contributed by atoms with E-state index in [-0.39, 0.29) is 5.78 Å². The first-order valence-corrected chi connectivity index (χ1v) is 9.76. The normalized spacial score (nSPS) is 15.5. The van der Waals surface area contributed by atoms with Crippen molar-refractivity contribution in [2.45, 2.75) is 19.8 Å². The van der Waals surface area contributed by atoms with Gasteiger partial charge in [-0.15, -0.1) is 5.10 Å². The number of fused-ring (bicyclic) bond motifs is 3. The summed E-state index contributed by atoms with van der Waals surface area (Å²) in [5.74, 6) is 1.74. The lowest BCUT2D eigenvalue weighted by Gasteiger charge is -2.28. The zero-order valence-electron chi connectivity index (χ0n) is 17.2. The number of pyridine rings is 1. The van der Waals surface area contributed by atoms with E-state index in [0.717, 1.165) is 16.9 Å². The molecule has 4 aromatic rings. The molecule has 0 saturated carbocycles. The number of ether oxygens (including phenoxy) is 2. The van der Waals surface area contributed by atoms with E-state index in [1.807, 2.05) is 36.4 Å². The zero-order valence-corrected chi connectivity index (χ0v) is 17.2. The van der Waals surface area contributed by atoms with Crippen molar-refractivity contribution in [1.29, 1.82) is 0 Å². The highest BCUT2D eigenvalue weighted by molar-refractivity contribution is 5.97. The van der Waals surface area contributed by atoms with Gasteiger partial charge in [0.05, 0.1) is 12.7 Å². The number of carbonyl (C=O) groups is 1. The van der Waals surface area contributed by atoms with Gasteiger partial charge in [-0.2, -0.15) is 0 Å². The molecule has 3 aromatic heterocycles. The largest absolute Gasteiger partial charge is 0.497 e. The van der Waals surface area contributed by atoms with Gasteiger partial charge in [0.15, 0.2) is 17.3 Å². The summed E-state index contributed by atoms with van der Waals surface area (Å²) in [5, 5.41) is 4.56. The molecule has 1 aliphatic rings. The van der Waals surface area contributed by atoms with Crippen molar-refractivity contribution < 1.29 is 14.3 Å². The van der Waals surface area contributed by atoms with Gasteiger partial charge in [-0.3, -0.25) is 9.78 Å². The summed E-state index contributed by atoms with van der Waals surface area (Å²) in [7, 11) is 1.62. The van der Waals surface area contributed by atoms with Crippen LogP contribution < -0.4 is 9.47 Å². The fourth-order valence-corrected chi connectivity index (χ4v) is 3.94. The first-order valence-electron chi connectivity index (χ1n) is 9.76. The smallest absolute Gasteiger partial charge is 0.228 e. The van der Waals surface area contributed by atoms with E-state index >= 15 is 0 Å². The molecule has 5 rings (SSSR count). The second-order valence-corrected chi connectivity index (χ2v) is 7.24. The topological polar surface area (TPSA) is 91.5 Å². The summed E-state index contributed by atoms with van der Waals surface area (Å²) >= 11 is 0. The van der Waals surface area contributed by atoms with E-state index in [2.05, 4.69) is 15.1 Å².